The third kappa shape index (κ3) is 4.59. The van der Waals surface area contributed by atoms with Crippen LogP contribution in [0.5, 0.6) is 5.75 Å². The van der Waals surface area contributed by atoms with Crippen molar-refractivity contribution in [3.8, 4) is 5.75 Å². The van der Waals surface area contributed by atoms with Crippen molar-refractivity contribution in [3.05, 3.63) is 65.7 Å². The Morgan fingerprint density at radius 2 is 1.79 bits per heavy atom. The second kappa shape index (κ2) is 7.97. The van der Waals surface area contributed by atoms with Crippen molar-refractivity contribution in [1.29, 1.82) is 0 Å². The van der Waals surface area contributed by atoms with E-state index < -0.39 is 5.97 Å². The molecule has 1 saturated heterocycles. The van der Waals surface area contributed by atoms with Crippen molar-refractivity contribution in [2.45, 2.75) is 12.8 Å². The molecule has 4 nitrogen and oxygen atoms in total. The Bertz CT molecular complexity index is 654. The van der Waals surface area contributed by atoms with Crippen LogP contribution in [-0.2, 0) is 11.2 Å². The molecular formula is C20H23NO3. The summed E-state index contributed by atoms with van der Waals surface area (Å²) in [4.78, 5) is 13.1. The number of aliphatic carboxylic acids is 1. The van der Waals surface area contributed by atoms with E-state index in [0.29, 0.717) is 13.2 Å². The summed E-state index contributed by atoms with van der Waals surface area (Å²) in [6.07, 6.45) is 1.66. The molecule has 0 spiro atoms. The summed E-state index contributed by atoms with van der Waals surface area (Å²) in [5.74, 6) is -0.0458. The molecule has 0 amide bonds. The Hall–Kier alpha value is -2.33. The highest BCUT2D eigenvalue weighted by molar-refractivity contribution is 5.70. The first-order valence-corrected chi connectivity index (χ1v) is 8.41. The SMILES string of the molecule is O=C(O)C1CCN(CCOc2ccc(Cc3ccccc3)cc2)C1. The van der Waals surface area contributed by atoms with Crippen LogP contribution < -0.4 is 4.74 Å². The number of carboxylic acids is 1. The monoisotopic (exact) mass is 325 g/mol. The van der Waals surface area contributed by atoms with Gasteiger partial charge in [-0.1, -0.05) is 42.5 Å². The van der Waals surface area contributed by atoms with Crippen LogP contribution in [-0.4, -0.2) is 42.2 Å². The van der Waals surface area contributed by atoms with Crippen molar-refractivity contribution in [1.82, 2.24) is 4.90 Å². The van der Waals surface area contributed by atoms with Crippen LogP contribution in [0.3, 0.4) is 0 Å². The van der Waals surface area contributed by atoms with Gasteiger partial charge in [0.15, 0.2) is 0 Å². The fraction of sp³-hybridized carbons (Fsp3) is 0.350. The molecule has 0 aromatic heterocycles. The maximum Gasteiger partial charge on any atom is 0.307 e. The van der Waals surface area contributed by atoms with Crippen LogP contribution in [0, 0.1) is 5.92 Å². The summed E-state index contributed by atoms with van der Waals surface area (Å²) in [6, 6.07) is 18.6. The Morgan fingerprint density at radius 1 is 1.08 bits per heavy atom. The summed E-state index contributed by atoms with van der Waals surface area (Å²) < 4.78 is 5.78. The standard InChI is InChI=1S/C20H23NO3/c22-20(23)18-10-11-21(15-18)12-13-24-19-8-6-17(7-9-19)14-16-4-2-1-3-5-16/h1-9,18H,10-15H2,(H,22,23). The van der Waals surface area contributed by atoms with Gasteiger partial charge in [0.25, 0.3) is 0 Å². The van der Waals surface area contributed by atoms with Crippen molar-refractivity contribution < 1.29 is 14.6 Å². The van der Waals surface area contributed by atoms with E-state index in [1.807, 2.05) is 18.2 Å². The molecule has 2 aromatic carbocycles. The average Bonchev–Trinajstić information content (AvgIpc) is 3.07. The minimum atomic E-state index is -0.688. The number of hydrogen-bond donors (Lipinski definition) is 1. The van der Waals surface area contributed by atoms with Crippen molar-refractivity contribution in [3.63, 3.8) is 0 Å². The first kappa shape index (κ1) is 16.5. The van der Waals surface area contributed by atoms with E-state index in [9.17, 15) is 4.79 Å². The fourth-order valence-electron chi connectivity index (χ4n) is 3.07. The van der Waals surface area contributed by atoms with E-state index in [0.717, 1.165) is 31.7 Å². The molecule has 2 aromatic rings. The molecule has 0 bridgehead atoms. The predicted molar refractivity (Wildman–Crippen MR) is 93.4 cm³/mol. The first-order valence-electron chi connectivity index (χ1n) is 8.41. The molecule has 24 heavy (non-hydrogen) atoms. The molecule has 1 unspecified atom stereocenters. The molecule has 4 heteroatoms. The number of ether oxygens (including phenoxy) is 1. The number of hydrogen-bond acceptors (Lipinski definition) is 3. The van der Waals surface area contributed by atoms with Crippen molar-refractivity contribution >= 4 is 5.97 Å². The second-order valence-electron chi connectivity index (χ2n) is 6.28. The molecule has 0 radical (unpaired) electrons. The van der Waals surface area contributed by atoms with Crippen LogP contribution >= 0.6 is 0 Å². The minimum absolute atomic E-state index is 0.220. The minimum Gasteiger partial charge on any atom is -0.492 e. The Labute approximate surface area is 142 Å². The van der Waals surface area contributed by atoms with Gasteiger partial charge in [0.1, 0.15) is 12.4 Å². The van der Waals surface area contributed by atoms with Crippen LogP contribution in [0.1, 0.15) is 17.5 Å². The molecule has 3 rings (SSSR count). The van der Waals surface area contributed by atoms with Crippen LogP contribution in [0.15, 0.2) is 54.6 Å². The molecular weight excluding hydrogens is 302 g/mol. The van der Waals surface area contributed by atoms with Crippen molar-refractivity contribution in [2.75, 3.05) is 26.2 Å². The van der Waals surface area contributed by atoms with Crippen LogP contribution in [0.4, 0.5) is 0 Å². The lowest BCUT2D eigenvalue weighted by molar-refractivity contribution is -0.141. The highest BCUT2D eigenvalue weighted by Gasteiger charge is 2.27. The quantitative estimate of drug-likeness (QED) is 0.850. The number of rotatable bonds is 7. The lowest BCUT2D eigenvalue weighted by Gasteiger charge is -2.15. The number of likely N-dealkylation sites (tertiary alicyclic amines) is 1. The normalized spacial score (nSPS) is 17.8. The van der Waals surface area contributed by atoms with Gasteiger partial charge < -0.3 is 9.84 Å². The lowest BCUT2D eigenvalue weighted by Crippen LogP contribution is -2.27. The molecule has 1 aliphatic rings. The van der Waals surface area contributed by atoms with Gasteiger partial charge in [-0.25, -0.2) is 0 Å². The maximum atomic E-state index is 10.9. The van der Waals surface area contributed by atoms with E-state index >= 15 is 0 Å². The Balaban J connectivity index is 1.43. The summed E-state index contributed by atoms with van der Waals surface area (Å²) >= 11 is 0. The van der Waals surface area contributed by atoms with E-state index in [-0.39, 0.29) is 5.92 Å². The smallest absolute Gasteiger partial charge is 0.307 e. The van der Waals surface area contributed by atoms with E-state index in [1.165, 1.54) is 11.1 Å². The van der Waals surface area contributed by atoms with Crippen LogP contribution in [0.2, 0.25) is 0 Å². The predicted octanol–water partition coefficient (Wildman–Crippen LogP) is 3.06. The largest absolute Gasteiger partial charge is 0.492 e. The van der Waals surface area contributed by atoms with E-state index in [2.05, 4.69) is 41.3 Å². The molecule has 1 heterocycles. The van der Waals surface area contributed by atoms with Gasteiger partial charge in [-0.15, -0.1) is 0 Å². The molecule has 0 saturated carbocycles. The van der Waals surface area contributed by atoms with Gasteiger partial charge in [-0.2, -0.15) is 0 Å². The molecule has 1 atom stereocenters. The van der Waals surface area contributed by atoms with E-state index in [1.54, 1.807) is 0 Å². The summed E-state index contributed by atoms with van der Waals surface area (Å²) in [7, 11) is 0. The second-order valence-corrected chi connectivity index (χ2v) is 6.28. The number of benzene rings is 2. The maximum absolute atomic E-state index is 10.9. The van der Waals surface area contributed by atoms with Gasteiger partial charge >= 0.3 is 5.97 Å². The molecule has 1 fully saturated rings. The van der Waals surface area contributed by atoms with Gasteiger partial charge in [0, 0.05) is 13.1 Å². The van der Waals surface area contributed by atoms with E-state index in [4.69, 9.17) is 9.84 Å². The first-order chi connectivity index (χ1) is 11.7. The highest BCUT2D eigenvalue weighted by atomic mass is 16.5. The van der Waals surface area contributed by atoms with Crippen molar-refractivity contribution in [2.24, 2.45) is 5.92 Å². The van der Waals surface area contributed by atoms with Crippen LogP contribution in [0.25, 0.3) is 0 Å². The summed E-state index contributed by atoms with van der Waals surface area (Å²) in [5.41, 5.74) is 2.56. The molecule has 0 aliphatic carbocycles. The third-order valence-corrected chi connectivity index (χ3v) is 4.47. The van der Waals surface area contributed by atoms with Gasteiger partial charge in [-0.3, -0.25) is 9.69 Å². The van der Waals surface area contributed by atoms with Gasteiger partial charge in [0.05, 0.1) is 5.92 Å². The zero-order chi connectivity index (χ0) is 16.8. The zero-order valence-electron chi connectivity index (χ0n) is 13.7. The Morgan fingerprint density at radius 3 is 2.46 bits per heavy atom. The highest BCUT2D eigenvalue weighted by Crippen LogP contribution is 2.17. The number of nitrogens with zero attached hydrogens (tertiary/aromatic N) is 1. The third-order valence-electron chi connectivity index (χ3n) is 4.47. The molecule has 1 aliphatic heterocycles. The van der Waals surface area contributed by atoms with Gasteiger partial charge in [-0.05, 0) is 42.6 Å². The number of carbonyl (C=O) groups is 1. The summed E-state index contributed by atoms with van der Waals surface area (Å²) in [5, 5.41) is 9.01. The lowest BCUT2D eigenvalue weighted by atomic mass is 10.1. The average molecular weight is 325 g/mol. The number of carboxylic acid groups (broad SMARTS) is 1. The fourth-order valence-corrected chi connectivity index (χ4v) is 3.07. The Kier molecular flexibility index (Phi) is 5.49. The summed E-state index contributed by atoms with van der Waals surface area (Å²) in [6.45, 7) is 2.84. The molecule has 126 valence electrons. The van der Waals surface area contributed by atoms with Gasteiger partial charge in [0.2, 0.25) is 0 Å². The zero-order valence-corrected chi connectivity index (χ0v) is 13.7. The topological polar surface area (TPSA) is 49.8 Å². The molecule has 1 N–H and O–H groups in total.